The molecule has 0 saturated carbocycles. The van der Waals surface area contributed by atoms with Gasteiger partial charge in [0.25, 0.3) is 11.8 Å². The number of thiocarbonyl (C=S) groups is 1. The van der Waals surface area contributed by atoms with E-state index in [4.69, 9.17) is 28.6 Å². The molecule has 3 aromatic carbocycles. The molecule has 13 nitrogen and oxygen atoms in total. The standard InChI is InChI=1S/C40H40ClF5N8O5S/c1-38(2)36(58)53(27-5-4-23(21-47)29(19-27)40(44,45)46)37(60)54(38)28-6-8-32(30(20-28)39(3,42)43)59-15-14-51-10-12-52(13-11-51)22-34(56)49-26-17-24(41)16-25(18-26)48-31-7-9-33(55)50-35(31)57/h4-6,8,16-20,31,48H,7,9-15,22H2,1-3H3,(H,49,56)(H,50,55,57). The second-order valence-corrected chi connectivity index (χ2v) is 15.9. The molecule has 0 radical (unpaired) electrons. The third kappa shape index (κ3) is 9.78. The number of nitriles is 1. The summed E-state index contributed by atoms with van der Waals surface area (Å²) in [4.78, 5) is 56.4. The lowest BCUT2D eigenvalue weighted by atomic mass is 10.0. The van der Waals surface area contributed by atoms with Crippen LogP contribution in [0.4, 0.5) is 44.7 Å². The second kappa shape index (κ2) is 17.3. The summed E-state index contributed by atoms with van der Waals surface area (Å²) in [5.74, 6) is -5.27. The smallest absolute Gasteiger partial charge is 0.417 e. The number of carbonyl (C=O) groups is 4. The van der Waals surface area contributed by atoms with Gasteiger partial charge in [-0.05, 0) is 87.1 Å². The van der Waals surface area contributed by atoms with Crippen LogP contribution in [0.5, 0.6) is 5.75 Å². The zero-order chi connectivity index (χ0) is 43.7. The Hall–Kier alpha value is -5.42. The van der Waals surface area contributed by atoms with Crippen LogP contribution in [0.1, 0.15) is 50.3 Å². The van der Waals surface area contributed by atoms with Crippen LogP contribution >= 0.6 is 23.8 Å². The van der Waals surface area contributed by atoms with Crippen molar-refractivity contribution in [2.45, 2.75) is 57.3 Å². The molecule has 318 valence electrons. The predicted molar refractivity (Wildman–Crippen MR) is 217 cm³/mol. The normalized spacial score (nSPS) is 19.0. The SMILES string of the molecule is CC(F)(F)c1cc(N2C(=S)N(c3ccc(C#N)c(C(F)(F)F)c3)C(=O)C2(C)C)ccc1OCCN1CCN(CC(=O)Nc2cc(Cl)cc(NC3CCC(=O)NC3=O)c2)CC1. The van der Waals surface area contributed by atoms with E-state index in [0.29, 0.717) is 68.5 Å². The van der Waals surface area contributed by atoms with Gasteiger partial charge in [-0.25, -0.2) is 8.78 Å². The molecule has 3 aromatic rings. The highest BCUT2D eigenvalue weighted by molar-refractivity contribution is 7.81. The van der Waals surface area contributed by atoms with E-state index in [1.54, 1.807) is 18.2 Å². The zero-order valence-corrected chi connectivity index (χ0v) is 34.2. The molecule has 3 N–H and O–H groups in total. The largest absolute Gasteiger partial charge is 0.492 e. The molecule has 1 unspecified atom stereocenters. The molecular formula is C40H40ClF5N8O5S. The Balaban J connectivity index is 1.04. The van der Waals surface area contributed by atoms with E-state index in [2.05, 4.69) is 20.9 Å². The molecule has 0 bridgehead atoms. The van der Waals surface area contributed by atoms with Gasteiger partial charge in [0.05, 0.1) is 35.0 Å². The average Bonchev–Trinajstić information content (AvgIpc) is 3.34. The fourth-order valence-electron chi connectivity index (χ4n) is 7.22. The van der Waals surface area contributed by atoms with Gasteiger partial charge in [-0.15, -0.1) is 0 Å². The molecule has 0 aliphatic carbocycles. The van der Waals surface area contributed by atoms with Gasteiger partial charge in [0.15, 0.2) is 5.11 Å². The van der Waals surface area contributed by atoms with Gasteiger partial charge in [-0.3, -0.25) is 39.2 Å². The van der Waals surface area contributed by atoms with Gasteiger partial charge in [0.2, 0.25) is 17.7 Å². The summed E-state index contributed by atoms with van der Waals surface area (Å²) in [6, 6.07) is 12.4. The van der Waals surface area contributed by atoms with Crippen LogP contribution in [0, 0.1) is 11.3 Å². The van der Waals surface area contributed by atoms with Gasteiger partial charge in [-0.2, -0.15) is 18.4 Å². The van der Waals surface area contributed by atoms with Gasteiger partial charge >= 0.3 is 6.18 Å². The molecular weight excluding hydrogens is 835 g/mol. The molecule has 60 heavy (non-hydrogen) atoms. The summed E-state index contributed by atoms with van der Waals surface area (Å²) < 4.78 is 77.4. The highest BCUT2D eigenvalue weighted by atomic mass is 35.5. The Morgan fingerprint density at radius 2 is 1.62 bits per heavy atom. The minimum Gasteiger partial charge on any atom is -0.492 e. The Morgan fingerprint density at radius 3 is 2.27 bits per heavy atom. The maximum atomic E-state index is 15.1. The number of anilines is 4. The second-order valence-electron chi connectivity index (χ2n) is 15.1. The molecule has 1 atom stereocenters. The Bertz CT molecular complexity index is 2260. The highest BCUT2D eigenvalue weighted by Gasteiger charge is 2.51. The summed E-state index contributed by atoms with van der Waals surface area (Å²) in [6.45, 7) is 6.38. The minimum atomic E-state index is -4.89. The number of alkyl halides is 5. The number of ether oxygens (including phenoxy) is 1. The van der Waals surface area contributed by atoms with Crippen LogP contribution in [0.15, 0.2) is 54.6 Å². The minimum absolute atomic E-state index is 0.0486. The highest BCUT2D eigenvalue weighted by Crippen LogP contribution is 2.43. The number of rotatable bonds is 12. The number of hydrogen-bond acceptors (Lipinski definition) is 10. The van der Waals surface area contributed by atoms with Crippen LogP contribution in [0.3, 0.4) is 0 Å². The van der Waals surface area contributed by atoms with Crippen molar-refractivity contribution in [1.29, 1.82) is 5.26 Å². The van der Waals surface area contributed by atoms with E-state index in [-0.39, 0.29) is 53.6 Å². The van der Waals surface area contributed by atoms with E-state index in [1.165, 1.54) is 43.0 Å². The monoisotopic (exact) mass is 874 g/mol. The van der Waals surface area contributed by atoms with Crippen molar-refractivity contribution in [2.24, 2.45) is 0 Å². The number of hydrogen-bond donors (Lipinski definition) is 3. The molecule has 0 spiro atoms. The fourth-order valence-corrected chi connectivity index (χ4v) is 7.98. The molecule has 3 aliphatic rings. The zero-order valence-electron chi connectivity index (χ0n) is 32.6. The van der Waals surface area contributed by atoms with E-state index < -0.39 is 52.2 Å². The number of benzene rings is 3. The van der Waals surface area contributed by atoms with Crippen LogP contribution < -0.4 is 30.5 Å². The Labute approximate surface area is 352 Å². The van der Waals surface area contributed by atoms with E-state index in [9.17, 15) is 37.6 Å². The van der Waals surface area contributed by atoms with Crippen LogP contribution in [-0.2, 0) is 31.3 Å². The Kier molecular flexibility index (Phi) is 12.7. The lowest BCUT2D eigenvalue weighted by molar-refractivity contribution is -0.138. The van der Waals surface area contributed by atoms with Crippen LogP contribution in [-0.4, -0.2) is 96.0 Å². The average molecular weight is 875 g/mol. The van der Waals surface area contributed by atoms with Crippen molar-refractivity contribution in [3.8, 4) is 11.8 Å². The van der Waals surface area contributed by atoms with Crippen molar-refractivity contribution in [1.82, 2.24) is 15.1 Å². The molecule has 3 heterocycles. The maximum absolute atomic E-state index is 15.1. The third-order valence-corrected chi connectivity index (χ3v) is 10.9. The molecule has 3 aliphatic heterocycles. The number of nitrogens with one attached hydrogen (secondary N) is 3. The molecule has 0 aromatic heterocycles. The lowest BCUT2D eigenvalue weighted by Gasteiger charge is -2.34. The van der Waals surface area contributed by atoms with Crippen LogP contribution in [0.2, 0.25) is 5.02 Å². The van der Waals surface area contributed by atoms with E-state index in [1.807, 2.05) is 4.90 Å². The first-order valence-corrected chi connectivity index (χ1v) is 19.5. The van der Waals surface area contributed by atoms with Crippen molar-refractivity contribution in [2.75, 3.05) is 66.3 Å². The van der Waals surface area contributed by atoms with Gasteiger partial charge in [0.1, 0.15) is 23.9 Å². The first-order valence-electron chi connectivity index (χ1n) is 18.8. The summed E-state index contributed by atoms with van der Waals surface area (Å²) in [5.41, 5.74) is -3.07. The number of nitrogens with zero attached hydrogens (tertiary/aromatic N) is 5. The lowest BCUT2D eigenvalue weighted by Crippen LogP contribution is -2.49. The van der Waals surface area contributed by atoms with Crippen molar-refractivity contribution in [3.05, 3.63) is 76.3 Å². The predicted octanol–water partition coefficient (Wildman–Crippen LogP) is 6.11. The van der Waals surface area contributed by atoms with E-state index in [0.717, 1.165) is 17.0 Å². The van der Waals surface area contributed by atoms with Gasteiger partial charge in [-0.1, -0.05) is 11.6 Å². The number of amides is 4. The van der Waals surface area contributed by atoms with E-state index >= 15 is 8.78 Å². The van der Waals surface area contributed by atoms with Gasteiger partial charge in [0, 0.05) is 68.2 Å². The van der Waals surface area contributed by atoms with Gasteiger partial charge < -0.3 is 20.3 Å². The quantitative estimate of drug-likeness (QED) is 0.110. The summed E-state index contributed by atoms with van der Waals surface area (Å²) in [7, 11) is 0. The number of piperazine rings is 1. The van der Waals surface area contributed by atoms with Crippen molar-refractivity contribution in [3.63, 3.8) is 0 Å². The first-order chi connectivity index (χ1) is 28.1. The molecule has 3 saturated heterocycles. The molecule has 20 heteroatoms. The summed E-state index contributed by atoms with van der Waals surface area (Å²) >= 11 is 11.8. The molecule has 3 fully saturated rings. The number of halogens is 6. The Morgan fingerprint density at radius 1 is 0.967 bits per heavy atom. The topological polar surface area (TPSA) is 150 Å². The number of imide groups is 1. The third-order valence-electron chi connectivity index (χ3n) is 10.3. The van der Waals surface area contributed by atoms with Crippen LogP contribution in [0.25, 0.3) is 0 Å². The fraction of sp³-hybridized carbons (Fsp3) is 0.400. The molecule has 4 amide bonds. The van der Waals surface area contributed by atoms with Crippen molar-refractivity contribution < 1.29 is 45.9 Å². The van der Waals surface area contributed by atoms with Crippen molar-refractivity contribution >= 4 is 75.3 Å². The number of carbonyl (C=O) groups excluding carboxylic acids is 4. The molecule has 6 rings (SSSR count). The number of piperidine rings is 1. The summed E-state index contributed by atoms with van der Waals surface area (Å²) in [5, 5.41) is 17.5. The maximum Gasteiger partial charge on any atom is 0.417 e. The first kappa shape index (κ1) is 44.1. The summed E-state index contributed by atoms with van der Waals surface area (Å²) in [6.07, 6.45) is -4.37.